The summed E-state index contributed by atoms with van der Waals surface area (Å²) in [5.41, 5.74) is 1.28. The van der Waals surface area contributed by atoms with Crippen LogP contribution in [-0.2, 0) is 20.8 Å². The maximum atomic E-state index is 10.5. The SMILES string of the molecule is O=C(O)CCC/C=C\C[C@H]1[C@@H](NCc2ccccc2)[C@@H]2O[C@H]1[C@@H]1O[C@@H]12. The number of carboxylic acid groups (broad SMARTS) is 1. The van der Waals surface area contributed by atoms with Crippen LogP contribution in [0.1, 0.15) is 31.2 Å². The Morgan fingerprint density at radius 2 is 1.84 bits per heavy atom. The zero-order chi connectivity index (χ0) is 17.2. The zero-order valence-electron chi connectivity index (χ0n) is 14.2. The second kappa shape index (κ2) is 7.28. The number of ether oxygens (including phenoxy) is 2. The van der Waals surface area contributed by atoms with E-state index in [1.54, 1.807) is 0 Å². The van der Waals surface area contributed by atoms with Gasteiger partial charge in [-0.2, -0.15) is 0 Å². The molecule has 134 valence electrons. The minimum absolute atomic E-state index is 0.170. The van der Waals surface area contributed by atoms with Crippen molar-refractivity contribution >= 4 is 5.97 Å². The van der Waals surface area contributed by atoms with Gasteiger partial charge in [-0.05, 0) is 24.8 Å². The van der Waals surface area contributed by atoms with Gasteiger partial charge in [0.2, 0.25) is 0 Å². The molecule has 0 unspecified atom stereocenters. The number of nitrogens with one attached hydrogen (secondary N) is 1. The highest BCUT2D eigenvalue weighted by molar-refractivity contribution is 5.66. The van der Waals surface area contributed by atoms with Crippen LogP contribution in [0.25, 0.3) is 0 Å². The quantitative estimate of drug-likeness (QED) is 0.409. The maximum absolute atomic E-state index is 10.5. The molecule has 3 fully saturated rings. The Balaban J connectivity index is 1.31. The van der Waals surface area contributed by atoms with Crippen molar-refractivity contribution in [2.45, 2.75) is 62.7 Å². The predicted octanol–water partition coefficient (Wildman–Crippen LogP) is 2.51. The average molecular weight is 343 g/mol. The number of benzene rings is 1. The van der Waals surface area contributed by atoms with Crippen molar-refractivity contribution in [3.05, 3.63) is 48.0 Å². The van der Waals surface area contributed by atoms with Gasteiger partial charge in [-0.1, -0.05) is 42.5 Å². The average Bonchev–Trinajstić information content (AvgIpc) is 3.24. The van der Waals surface area contributed by atoms with E-state index in [-0.39, 0.29) is 24.7 Å². The van der Waals surface area contributed by atoms with E-state index in [1.807, 2.05) is 6.07 Å². The molecule has 3 heterocycles. The lowest BCUT2D eigenvalue weighted by Crippen LogP contribution is -2.46. The molecule has 0 aromatic heterocycles. The summed E-state index contributed by atoms with van der Waals surface area (Å²) in [4.78, 5) is 10.5. The summed E-state index contributed by atoms with van der Waals surface area (Å²) in [5, 5.41) is 12.4. The van der Waals surface area contributed by atoms with Gasteiger partial charge in [0.1, 0.15) is 18.3 Å². The van der Waals surface area contributed by atoms with Gasteiger partial charge in [-0.25, -0.2) is 0 Å². The molecule has 5 heteroatoms. The summed E-state index contributed by atoms with van der Waals surface area (Å²) in [7, 11) is 0. The zero-order valence-corrected chi connectivity index (χ0v) is 14.2. The number of allylic oxidation sites excluding steroid dienone is 2. The van der Waals surface area contributed by atoms with E-state index >= 15 is 0 Å². The minimum Gasteiger partial charge on any atom is -0.481 e. The topological polar surface area (TPSA) is 71.1 Å². The second-order valence-corrected chi connectivity index (χ2v) is 7.18. The minimum atomic E-state index is -0.725. The molecule has 1 aromatic carbocycles. The molecule has 2 N–H and O–H groups in total. The highest BCUT2D eigenvalue weighted by atomic mass is 16.7. The fourth-order valence-corrected chi connectivity index (χ4v) is 4.20. The first-order valence-corrected chi connectivity index (χ1v) is 9.19. The Bertz CT molecular complexity index is 632. The fraction of sp³-hybridized carbons (Fsp3) is 0.550. The summed E-state index contributed by atoms with van der Waals surface area (Å²) < 4.78 is 11.9. The molecule has 0 aliphatic carbocycles. The monoisotopic (exact) mass is 343 g/mol. The molecule has 1 aromatic rings. The number of epoxide rings is 1. The van der Waals surface area contributed by atoms with Crippen molar-refractivity contribution in [2.75, 3.05) is 0 Å². The lowest BCUT2D eigenvalue weighted by Gasteiger charge is -2.26. The van der Waals surface area contributed by atoms with Crippen LogP contribution in [0.5, 0.6) is 0 Å². The Labute approximate surface area is 148 Å². The highest BCUT2D eigenvalue weighted by Crippen LogP contribution is 2.52. The van der Waals surface area contributed by atoms with Crippen LogP contribution < -0.4 is 5.32 Å². The first kappa shape index (κ1) is 16.8. The molecule has 2 bridgehead atoms. The molecule has 5 nitrogen and oxygen atoms in total. The van der Waals surface area contributed by atoms with E-state index in [1.165, 1.54) is 5.56 Å². The first-order valence-electron chi connectivity index (χ1n) is 9.19. The van der Waals surface area contributed by atoms with E-state index in [9.17, 15) is 4.79 Å². The van der Waals surface area contributed by atoms with Gasteiger partial charge >= 0.3 is 5.97 Å². The second-order valence-electron chi connectivity index (χ2n) is 7.18. The molecule has 0 saturated carbocycles. The van der Waals surface area contributed by atoms with Gasteiger partial charge < -0.3 is 19.9 Å². The Morgan fingerprint density at radius 1 is 1.08 bits per heavy atom. The summed E-state index contributed by atoms with van der Waals surface area (Å²) in [6, 6.07) is 10.7. The number of carboxylic acids is 1. The van der Waals surface area contributed by atoms with Crippen LogP contribution in [0, 0.1) is 5.92 Å². The van der Waals surface area contributed by atoms with E-state index in [4.69, 9.17) is 14.6 Å². The van der Waals surface area contributed by atoms with Crippen LogP contribution in [-0.4, -0.2) is 41.5 Å². The van der Waals surface area contributed by atoms with Crippen molar-refractivity contribution in [1.82, 2.24) is 5.32 Å². The third-order valence-electron chi connectivity index (χ3n) is 5.48. The molecule has 4 rings (SSSR count). The van der Waals surface area contributed by atoms with Crippen LogP contribution in [0.2, 0.25) is 0 Å². The van der Waals surface area contributed by atoms with Crippen LogP contribution in [0.15, 0.2) is 42.5 Å². The Hall–Kier alpha value is -1.69. The number of unbranched alkanes of at least 4 members (excludes halogenated alkanes) is 1. The largest absolute Gasteiger partial charge is 0.481 e. The Kier molecular flexibility index (Phi) is 4.88. The number of carbonyl (C=O) groups is 1. The first-order chi connectivity index (χ1) is 12.2. The smallest absolute Gasteiger partial charge is 0.303 e. The predicted molar refractivity (Wildman–Crippen MR) is 93.1 cm³/mol. The van der Waals surface area contributed by atoms with Crippen LogP contribution in [0.4, 0.5) is 0 Å². The van der Waals surface area contributed by atoms with Crippen LogP contribution in [0.3, 0.4) is 0 Å². The number of hydrogen-bond donors (Lipinski definition) is 2. The van der Waals surface area contributed by atoms with Crippen molar-refractivity contribution in [2.24, 2.45) is 5.92 Å². The van der Waals surface area contributed by atoms with Crippen molar-refractivity contribution in [3.8, 4) is 0 Å². The lowest BCUT2D eigenvalue weighted by molar-refractivity contribution is -0.137. The molecule has 3 aliphatic rings. The number of hydrogen-bond acceptors (Lipinski definition) is 4. The number of aliphatic carboxylic acids is 1. The van der Waals surface area contributed by atoms with Gasteiger partial charge in [0.25, 0.3) is 0 Å². The number of fused-ring (bicyclic) bond motifs is 5. The summed E-state index contributed by atoms with van der Waals surface area (Å²) in [5.74, 6) is -0.301. The van der Waals surface area contributed by atoms with Crippen molar-refractivity contribution in [3.63, 3.8) is 0 Å². The fourth-order valence-electron chi connectivity index (χ4n) is 4.20. The highest BCUT2D eigenvalue weighted by Gasteiger charge is 2.68. The third kappa shape index (κ3) is 3.64. The Morgan fingerprint density at radius 3 is 2.64 bits per heavy atom. The van der Waals surface area contributed by atoms with E-state index < -0.39 is 5.97 Å². The van der Waals surface area contributed by atoms with Gasteiger partial charge in [0.15, 0.2) is 0 Å². The number of rotatable bonds is 9. The lowest BCUT2D eigenvalue weighted by atomic mass is 9.82. The molecule has 0 amide bonds. The molecular formula is C20H25NO4. The molecule has 25 heavy (non-hydrogen) atoms. The molecule has 0 spiro atoms. The molecule has 3 saturated heterocycles. The molecule has 3 aliphatic heterocycles. The van der Waals surface area contributed by atoms with E-state index in [0.717, 1.165) is 19.4 Å². The van der Waals surface area contributed by atoms with Gasteiger partial charge in [-0.15, -0.1) is 0 Å². The normalized spacial score (nSPS) is 35.2. The van der Waals surface area contributed by atoms with Crippen molar-refractivity contribution in [1.29, 1.82) is 0 Å². The molecular weight excluding hydrogens is 318 g/mol. The van der Waals surface area contributed by atoms with Gasteiger partial charge in [0.05, 0.1) is 6.10 Å². The summed E-state index contributed by atoms with van der Waals surface area (Å²) in [6.07, 6.45) is 7.95. The van der Waals surface area contributed by atoms with Crippen molar-refractivity contribution < 1.29 is 19.4 Å². The van der Waals surface area contributed by atoms with E-state index in [2.05, 4.69) is 41.7 Å². The molecule has 0 radical (unpaired) electrons. The van der Waals surface area contributed by atoms with Crippen LogP contribution >= 0.6 is 0 Å². The van der Waals surface area contributed by atoms with Gasteiger partial charge in [0, 0.05) is 24.9 Å². The summed E-state index contributed by atoms with van der Waals surface area (Å²) >= 11 is 0. The van der Waals surface area contributed by atoms with Gasteiger partial charge in [-0.3, -0.25) is 4.79 Å². The third-order valence-corrected chi connectivity index (χ3v) is 5.48. The standard InChI is InChI=1S/C20H25NO4/c22-15(23)11-7-2-1-6-10-14-16(18-20-19(25-20)17(14)24-18)21-12-13-8-4-3-5-9-13/h1,3-6,8-9,14,16-21H,2,7,10-12H2,(H,22,23)/b6-1-/t14-,16+,17+,18-,19-,20+/m0/s1. The maximum Gasteiger partial charge on any atom is 0.303 e. The molecule has 6 atom stereocenters. The van der Waals surface area contributed by atoms with E-state index in [0.29, 0.717) is 24.5 Å². The summed E-state index contributed by atoms with van der Waals surface area (Å²) in [6.45, 7) is 0.842.